The van der Waals surface area contributed by atoms with Crippen molar-refractivity contribution in [2.75, 3.05) is 18.6 Å². The summed E-state index contributed by atoms with van der Waals surface area (Å²) < 4.78 is 5.66. The zero-order valence-corrected chi connectivity index (χ0v) is 11.9. The quantitative estimate of drug-likeness (QED) is 0.423. The Kier molecular flexibility index (Phi) is 5.58. The molecule has 1 aromatic heterocycles. The number of nitrogens with zero attached hydrogens (tertiary/aromatic N) is 1. The van der Waals surface area contributed by atoms with E-state index in [1.165, 1.54) is 12.8 Å². The fourth-order valence-corrected chi connectivity index (χ4v) is 2.40. The molecule has 20 heavy (non-hydrogen) atoms. The number of aromatic nitrogens is 1. The van der Waals surface area contributed by atoms with Crippen molar-refractivity contribution in [3.05, 3.63) is 22.8 Å². The average Bonchev–Trinajstić information content (AvgIpc) is 2.97. The molecule has 7 heteroatoms. The lowest BCUT2D eigenvalue weighted by molar-refractivity contribution is 0.0581. The molecule has 0 bridgehead atoms. The predicted molar refractivity (Wildman–Crippen MR) is 77.6 cm³/mol. The van der Waals surface area contributed by atoms with Crippen LogP contribution in [-0.4, -0.2) is 30.1 Å². The summed E-state index contributed by atoms with van der Waals surface area (Å²) in [5, 5.41) is 3.03. The second kappa shape index (κ2) is 7.42. The molecule has 0 aromatic carbocycles. The third kappa shape index (κ3) is 4.06. The topological polar surface area (TPSA) is 89.3 Å². The van der Waals surface area contributed by atoms with Gasteiger partial charge in [-0.25, -0.2) is 10.8 Å². The SMILES string of the molecule is NNc1ccc(Cl)c(C(=O)NCCOC2CCCC2)n1. The number of carbonyl (C=O) groups is 1. The summed E-state index contributed by atoms with van der Waals surface area (Å²) in [6.07, 6.45) is 5.04. The maximum Gasteiger partial charge on any atom is 0.271 e. The van der Waals surface area contributed by atoms with Gasteiger partial charge in [0, 0.05) is 6.54 Å². The number of hydrogen-bond acceptors (Lipinski definition) is 5. The van der Waals surface area contributed by atoms with Crippen LogP contribution in [0.2, 0.25) is 5.02 Å². The molecule has 1 heterocycles. The van der Waals surface area contributed by atoms with Crippen LogP contribution in [0.25, 0.3) is 0 Å². The summed E-state index contributed by atoms with van der Waals surface area (Å²) in [6, 6.07) is 3.18. The molecule has 1 aliphatic carbocycles. The highest BCUT2D eigenvalue weighted by atomic mass is 35.5. The first-order valence-electron chi connectivity index (χ1n) is 6.73. The van der Waals surface area contributed by atoms with E-state index < -0.39 is 0 Å². The van der Waals surface area contributed by atoms with E-state index >= 15 is 0 Å². The predicted octanol–water partition coefficient (Wildman–Crippen LogP) is 1.71. The normalized spacial score (nSPS) is 15.3. The van der Waals surface area contributed by atoms with E-state index in [2.05, 4.69) is 15.7 Å². The number of halogens is 1. The van der Waals surface area contributed by atoms with Crippen LogP contribution in [0.5, 0.6) is 0 Å². The highest BCUT2D eigenvalue weighted by molar-refractivity contribution is 6.33. The van der Waals surface area contributed by atoms with Crippen LogP contribution in [0.1, 0.15) is 36.2 Å². The van der Waals surface area contributed by atoms with Crippen LogP contribution >= 0.6 is 11.6 Å². The number of rotatable bonds is 6. The number of nitrogens with one attached hydrogen (secondary N) is 2. The summed E-state index contributed by atoms with van der Waals surface area (Å²) >= 11 is 5.94. The van der Waals surface area contributed by atoms with Gasteiger partial charge >= 0.3 is 0 Å². The minimum absolute atomic E-state index is 0.156. The van der Waals surface area contributed by atoms with Gasteiger partial charge in [0.25, 0.3) is 5.91 Å². The smallest absolute Gasteiger partial charge is 0.271 e. The lowest BCUT2D eigenvalue weighted by Gasteiger charge is -2.12. The van der Waals surface area contributed by atoms with Crippen molar-refractivity contribution in [1.82, 2.24) is 10.3 Å². The summed E-state index contributed by atoms with van der Waals surface area (Å²) in [5.74, 6) is 5.31. The molecule has 4 N–H and O–H groups in total. The van der Waals surface area contributed by atoms with E-state index in [1.807, 2.05) is 0 Å². The van der Waals surface area contributed by atoms with Gasteiger partial charge in [0.05, 0.1) is 17.7 Å². The van der Waals surface area contributed by atoms with Gasteiger partial charge in [-0.3, -0.25) is 4.79 Å². The Bertz CT molecular complexity index is 464. The van der Waals surface area contributed by atoms with E-state index in [0.29, 0.717) is 30.1 Å². The number of carbonyl (C=O) groups excluding carboxylic acids is 1. The highest BCUT2D eigenvalue weighted by Gasteiger charge is 2.16. The number of anilines is 1. The first kappa shape index (κ1) is 15.0. The molecular formula is C13H19ClN4O2. The second-order valence-corrected chi connectivity index (χ2v) is 5.11. The Balaban J connectivity index is 1.79. The van der Waals surface area contributed by atoms with E-state index in [1.54, 1.807) is 12.1 Å². The van der Waals surface area contributed by atoms with Gasteiger partial charge in [0.1, 0.15) is 11.5 Å². The molecule has 0 aliphatic heterocycles. The summed E-state index contributed by atoms with van der Waals surface area (Å²) in [5.41, 5.74) is 2.53. The fraction of sp³-hybridized carbons (Fsp3) is 0.538. The monoisotopic (exact) mass is 298 g/mol. The van der Waals surface area contributed by atoms with Crippen molar-refractivity contribution in [2.24, 2.45) is 5.84 Å². The first-order valence-corrected chi connectivity index (χ1v) is 7.11. The van der Waals surface area contributed by atoms with E-state index in [0.717, 1.165) is 12.8 Å². The maximum atomic E-state index is 11.9. The molecule has 6 nitrogen and oxygen atoms in total. The lowest BCUT2D eigenvalue weighted by Crippen LogP contribution is -2.29. The molecule has 0 spiro atoms. The Morgan fingerprint density at radius 2 is 2.20 bits per heavy atom. The molecule has 0 radical (unpaired) electrons. The van der Waals surface area contributed by atoms with Crippen LogP contribution in [0.4, 0.5) is 5.82 Å². The number of hydrogen-bond donors (Lipinski definition) is 3. The molecule has 110 valence electrons. The molecule has 0 unspecified atom stereocenters. The number of ether oxygens (including phenoxy) is 1. The van der Waals surface area contributed by atoms with Crippen LogP contribution in [-0.2, 0) is 4.74 Å². The maximum absolute atomic E-state index is 11.9. The Morgan fingerprint density at radius 3 is 2.90 bits per heavy atom. The molecule has 1 aromatic rings. The van der Waals surface area contributed by atoms with Crippen molar-refractivity contribution in [3.8, 4) is 0 Å². The van der Waals surface area contributed by atoms with Crippen LogP contribution in [0.15, 0.2) is 12.1 Å². The Labute approximate surface area is 123 Å². The molecule has 1 saturated carbocycles. The van der Waals surface area contributed by atoms with Crippen LogP contribution < -0.4 is 16.6 Å². The van der Waals surface area contributed by atoms with E-state index in [9.17, 15) is 4.79 Å². The summed E-state index contributed by atoms with van der Waals surface area (Å²) in [6.45, 7) is 0.941. The number of hydrazine groups is 1. The Hall–Kier alpha value is -1.37. The van der Waals surface area contributed by atoms with Gasteiger partial charge in [0.2, 0.25) is 0 Å². The summed E-state index contributed by atoms with van der Waals surface area (Å²) in [7, 11) is 0. The molecule has 1 amide bonds. The molecule has 2 rings (SSSR count). The summed E-state index contributed by atoms with van der Waals surface area (Å²) in [4.78, 5) is 16.0. The van der Waals surface area contributed by atoms with Gasteiger partial charge in [-0.2, -0.15) is 0 Å². The fourth-order valence-electron chi connectivity index (χ4n) is 2.21. The van der Waals surface area contributed by atoms with Crippen molar-refractivity contribution >= 4 is 23.3 Å². The van der Waals surface area contributed by atoms with Gasteiger partial charge in [0.15, 0.2) is 0 Å². The number of nitrogens with two attached hydrogens (primary N) is 1. The first-order chi connectivity index (χ1) is 9.70. The van der Waals surface area contributed by atoms with Gasteiger partial charge in [-0.1, -0.05) is 24.4 Å². The van der Waals surface area contributed by atoms with E-state index in [-0.39, 0.29) is 11.6 Å². The lowest BCUT2D eigenvalue weighted by atomic mass is 10.3. The zero-order valence-electron chi connectivity index (χ0n) is 11.2. The van der Waals surface area contributed by atoms with Crippen LogP contribution in [0.3, 0.4) is 0 Å². The van der Waals surface area contributed by atoms with Crippen molar-refractivity contribution in [1.29, 1.82) is 0 Å². The highest BCUT2D eigenvalue weighted by Crippen LogP contribution is 2.20. The molecule has 1 aliphatic rings. The third-order valence-electron chi connectivity index (χ3n) is 3.25. The molecule has 0 atom stereocenters. The average molecular weight is 299 g/mol. The standard InChI is InChI=1S/C13H19ClN4O2/c14-10-5-6-11(18-15)17-12(10)13(19)16-7-8-20-9-3-1-2-4-9/h5-6,9H,1-4,7-8,15H2,(H,16,19)(H,17,18). The second-order valence-electron chi connectivity index (χ2n) is 4.70. The largest absolute Gasteiger partial charge is 0.376 e. The Morgan fingerprint density at radius 1 is 1.45 bits per heavy atom. The van der Waals surface area contributed by atoms with Crippen LogP contribution in [0, 0.1) is 0 Å². The van der Waals surface area contributed by atoms with Gasteiger partial charge < -0.3 is 15.5 Å². The van der Waals surface area contributed by atoms with Crippen molar-refractivity contribution in [3.63, 3.8) is 0 Å². The number of nitrogen functional groups attached to an aromatic ring is 1. The van der Waals surface area contributed by atoms with E-state index in [4.69, 9.17) is 22.2 Å². The van der Waals surface area contributed by atoms with Crippen molar-refractivity contribution in [2.45, 2.75) is 31.8 Å². The van der Waals surface area contributed by atoms with Gasteiger partial charge in [-0.15, -0.1) is 0 Å². The number of pyridine rings is 1. The molecule has 0 saturated heterocycles. The molecule has 1 fully saturated rings. The molecular weight excluding hydrogens is 280 g/mol. The minimum atomic E-state index is -0.331. The van der Waals surface area contributed by atoms with Crippen molar-refractivity contribution < 1.29 is 9.53 Å². The number of amides is 1. The zero-order chi connectivity index (χ0) is 14.4. The minimum Gasteiger partial charge on any atom is -0.376 e. The third-order valence-corrected chi connectivity index (χ3v) is 3.56. The van der Waals surface area contributed by atoms with Gasteiger partial charge in [-0.05, 0) is 25.0 Å².